The molecule has 3 nitrogen and oxygen atoms in total. The molecule has 0 amide bonds. The second-order valence-electron chi connectivity index (χ2n) is 5.60. The molecule has 2 unspecified atom stereocenters. The Labute approximate surface area is 124 Å². The van der Waals surface area contributed by atoms with E-state index in [0.29, 0.717) is 18.6 Å². The van der Waals surface area contributed by atoms with Crippen LogP contribution in [0.15, 0.2) is 28.7 Å². The van der Waals surface area contributed by atoms with E-state index in [1.165, 1.54) is 18.4 Å². The number of nitrogens with zero attached hydrogens (tertiary/aromatic N) is 2. The van der Waals surface area contributed by atoms with E-state index in [-0.39, 0.29) is 0 Å². The van der Waals surface area contributed by atoms with Gasteiger partial charge < -0.3 is 10.6 Å². The van der Waals surface area contributed by atoms with Crippen LogP contribution in [0.3, 0.4) is 0 Å². The summed E-state index contributed by atoms with van der Waals surface area (Å²) in [6.07, 6.45) is 2.56. The van der Waals surface area contributed by atoms with E-state index in [1.54, 1.807) is 0 Å². The maximum Gasteiger partial charge on any atom is 0.0474 e. The minimum atomic E-state index is 0.338. The van der Waals surface area contributed by atoms with E-state index in [9.17, 15) is 0 Å². The van der Waals surface area contributed by atoms with Crippen LogP contribution in [0.4, 0.5) is 0 Å². The van der Waals surface area contributed by atoms with Gasteiger partial charge in [-0.15, -0.1) is 0 Å². The van der Waals surface area contributed by atoms with Gasteiger partial charge in [-0.2, -0.15) is 0 Å². The van der Waals surface area contributed by atoms with Crippen molar-refractivity contribution in [1.29, 1.82) is 0 Å². The molecule has 2 atom stereocenters. The molecule has 2 rings (SSSR count). The summed E-state index contributed by atoms with van der Waals surface area (Å²) in [6, 6.07) is 9.51. The van der Waals surface area contributed by atoms with Crippen molar-refractivity contribution in [3.05, 3.63) is 34.3 Å². The topological polar surface area (TPSA) is 32.5 Å². The number of benzene rings is 1. The number of halogens is 1. The van der Waals surface area contributed by atoms with Gasteiger partial charge in [0.15, 0.2) is 0 Å². The van der Waals surface area contributed by atoms with Gasteiger partial charge in [-0.25, -0.2) is 0 Å². The Bertz CT molecular complexity index is 408. The van der Waals surface area contributed by atoms with Gasteiger partial charge in [0.25, 0.3) is 0 Å². The van der Waals surface area contributed by atoms with Crippen LogP contribution in [0.2, 0.25) is 0 Å². The summed E-state index contributed by atoms with van der Waals surface area (Å²) in [5, 5.41) is 0. The summed E-state index contributed by atoms with van der Waals surface area (Å²) in [5.41, 5.74) is 7.38. The lowest BCUT2D eigenvalue weighted by molar-refractivity contribution is 0.156. The lowest BCUT2D eigenvalue weighted by Crippen LogP contribution is -2.42. The third-order valence-electron chi connectivity index (χ3n) is 3.86. The van der Waals surface area contributed by atoms with Crippen molar-refractivity contribution in [2.75, 3.05) is 33.7 Å². The van der Waals surface area contributed by atoms with Crippen molar-refractivity contribution < 1.29 is 0 Å². The molecule has 0 radical (unpaired) electrons. The Kier molecular flexibility index (Phi) is 5.39. The first kappa shape index (κ1) is 15.0. The van der Waals surface area contributed by atoms with Gasteiger partial charge in [-0.1, -0.05) is 28.1 Å². The summed E-state index contributed by atoms with van der Waals surface area (Å²) in [5.74, 6) is 0. The van der Waals surface area contributed by atoms with Crippen molar-refractivity contribution in [2.24, 2.45) is 5.73 Å². The van der Waals surface area contributed by atoms with E-state index in [4.69, 9.17) is 5.73 Å². The third kappa shape index (κ3) is 3.78. The molecule has 2 N–H and O–H groups in total. The van der Waals surface area contributed by atoms with Crippen molar-refractivity contribution in [2.45, 2.75) is 24.9 Å². The molecule has 0 spiro atoms. The molecule has 4 heteroatoms. The molecule has 19 heavy (non-hydrogen) atoms. The molecule has 0 bridgehead atoms. The molecule has 0 aliphatic carbocycles. The highest BCUT2D eigenvalue weighted by Crippen LogP contribution is 2.30. The Morgan fingerprint density at radius 2 is 2.26 bits per heavy atom. The fourth-order valence-corrected chi connectivity index (χ4v) is 3.48. The first-order valence-electron chi connectivity index (χ1n) is 6.98. The number of likely N-dealkylation sites (N-methyl/N-ethyl adjacent to an activating group) is 1. The molecule has 1 heterocycles. The predicted molar refractivity (Wildman–Crippen MR) is 84.2 cm³/mol. The van der Waals surface area contributed by atoms with Gasteiger partial charge >= 0.3 is 0 Å². The van der Waals surface area contributed by atoms with Crippen LogP contribution >= 0.6 is 15.9 Å². The molecule has 1 aliphatic heterocycles. The highest BCUT2D eigenvalue weighted by molar-refractivity contribution is 9.10. The van der Waals surface area contributed by atoms with Gasteiger partial charge in [0.05, 0.1) is 0 Å². The van der Waals surface area contributed by atoms with Crippen LogP contribution in [0.25, 0.3) is 0 Å². The Hall–Kier alpha value is -0.420. The van der Waals surface area contributed by atoms with Crippen LogP contribution in [-0.2, 0) is 0 Å². The molecule has 1 aromatic rings. The van der Waals surface area contributed by atoms with E-state index < -0.39 is 0 Å². The molecular formula is C15H24BrN3. The molecular weight excluding hydrogens is 302 g/mol. The maximum atomic E-state index is 6.06. The van der Waals surface area contributed by atoms with Crippen LogP contribution in [0, 0.1) is 0 Å². The fourth-order valence-electron chi connectivity index (χ4n) is 3.06. The fraction of sp³-hybridized carbons (Fsp3) is 0.600. The van der Waals surface area contributed by atoms with Crippen LogP contribution < -0.4 is 5.73 Å². The second-order valence-corrected chi connectivity index (χ2v) is 6.52. The number of rotatable bonds is 5. The second kappa shape index (κ2) is 6.84. The maximum absolute atomic E-state index is 6.06. The van der Waals surface area contributed by atoms with Crippen LogP contribution in [0.5, 0.6) is 0 Å². The van der Waals surface area contributed by atoms with E-state index >= 15 is 0 Å². The van der Waals surface area contributed by atoms with Gasteiger partial charge in [0, 0.05) is 29.6 Å². The monoisotopic (exact) mass is 325 g/mol. The minimum Gasteiger partial charge on any atom is -0.329 e. The quantitative estimate of drug-likeness (QED) is 0.902. The molecule has 1 fully saturated rings. The zero-order chi connectivity index (χ0) is 13.8. The Balaban J connectivity index is 2.16. The van der Waals surface area contributed by atoms with Gasteiger partial charge in [-0.3, -0.25) is 4.90 Å². The highest BCUT2D eigenvalue weighted by Gasteiger charge is 2.31. The van der Waals surface area contributed by atoms with E-state index in [1.807, 2.05) is 0 Å². The Morgan fingerprint density at radius 3 is 2.89 bits per heavy atom. The number of nitrogens with two attached hydrogens (primary N) is 1. The smallest absolute Gasteiger partial charge is 0.0474 e. The zero-order valence-corrected chi connectivity index (χ0v) is 13.4. The Morgan fingerprint density at radius 1 is 1.47 bits per heavy atom. The number of hydrogen-bond acceptors (Lipinski definition) is 3. The number of likely N-dealkylation sites (tertiary alicyclic amines) is 1. The number of hydrogen-bond donors (Lipinski definition) is 1. The minimum absolute atomic E-state index is 0.338. The lowest BCUT2D eigenvalue weighted by atomic mass is 10.0. The van der Waals surface area contributed by atoms with Crippen LogP contribution in [-0.4, -0.2) is 49.6 Å². The van der Waals surface area contributed by atoms with Gasteiger partial charge in [0.2, 0.25) is 0 Å². The lowest BCUT2D eigenvalue weighted by Gasteiger charge is -2.34. The molecule has 1 aliphatic rings. The van der Waals surface area contributed by atoms with Gasteiger partial charge in [-0.05, 0) is 51.2 Å². The van der Waals surface area contributed by atoms with E-state index in [0.717, 1.165) is 17.6 Å². The summed E-state index contributed by atoms with van der Waals surface area (Å²) in [7, 11) is 4.29. The summed E-state index contributed by atoms with van der Waals surface area (Å²) in [6.45, 7) is 2.96. The summed E-state index contributed by atoms with van der Waals surface area (Å²) >= 11 is 3.56. The van der Waals surface area contributed by atoms with Crippen molar-refractivity contribution >= 4 is 15.9 Å². The molecule has 0 saturated carbocycles. The van der Waals surface area contributed by atoms with Crippen molar-refractivity contribution in [3.63, 3.8) is 0 Å². The molecule has 0 aromatic heterocycles. The first-order valence-corrected chi connectivity index (χ1v) is 7.77. The van der Waals surface area contributed by atoms with Crippen LogP contribution in [0.1, 0.15) is 24.4 Å². The highest BCUT2D eigenvalue weighted by atomic mass is 79.9. The average Bonchev–Trinajstić information content (AvgIpc) is 2.78. The normalized spacial score (nSPS) is 22.1. The van der Waals surface area contributed by atoms with Crippen molar-refractivity contribution in [3.8, 4) is 0 Å². The largest absolute Gasteiger partial charge is 0.329 e. The SMILES string of the molecule is CN(C)CC1CCCN1C(CN)c1cccc(Br)c1. The summed E-state index contributed by atoms with van der Waals surface area (Å²) < 4.78 is 1.13. The predicted octanol–water partition coefficient (Wildman–Crippen LogP) is 2.47. The molecule has 1 aromatic carbocycles. The standard InChI is InChI=1S/C15H24BrN3/c1-18(2)11-14-7-4-8-19(14)15(10-17)12-5-3-6-13(16)9-12/h3,5-6,9,14-15H,4,7-8,10-11,17H2,1-2H3. The molecule has 1 saturated heterocycles. The first-order chi connectivity index (χ1) is 9.11. The van der Waals surface area contributed by atoms with E-state index in [2.05, 4.69) is 64.1 Å². The van der Waals surface area contributed by atoms with Gasteiger partial charge in [0.1, 0.15) is 0 Å². The van der Waals surface area contributed by atoms with Crippen molar-refractivity contribution in [1.82, 2.24) is 9.80 Å². The zero-order valence-electron chi connectivity index (χ0n) is 11.8. The average molecular weight is 326 g/mol. The molecule has 106 valence electrons. The third-order valence-corrected chi connectivity index (χ3v) is 4.35. The summed E-state index contributed by atoms with van der Waals surface area (Å²) in [4.78, 5) is 4.86.